The molecule has 0 spiro atoms. The number of hydrogen-bond donors (Lipinski definition) is 1. The van der Waals surface area contributed by atoms with Crippen LogP contribution in [0.5, 0.6) is 0 Å². The highest BCUT2D eigenvalue weighted by atomic mass is 16.6. The van der Waals surface area contributed by atoms with Crippen LogP contribution in [0.25, 0.3) is 0 Å². The minimum Gasteiger partial charge on any atom is -0.453 e. The highest BCUT2D eigenvalue weighted by Gasteiger charge is 2.55. The number of ether oxygens (including phenoxy) is 3. The third-order valence-electron chi connectivity index (χ3n) is 6.30. The Morgan fingerprint density at radius 3 is 1.92 bits per heavy atom. The summed E-state index contributed by atoms with van der Waals surface area (Å²) in [5, 5.41) is 11.3. The van der Waals surface area contributed by atoms with Crippen molar-refractivity contribution in [3.63, 3.8) is 0 Å². The van der Waals surface area contributed by atoms with Gasteiger partial charge in [-0.1, -0.05) is 43.9 Å². The topological polar surface area (TPSA) is 65.0 Å². The summed E-state index contributed by atoms with van der Waals surface area (Å²) in [7, 11) is 3.29. The average molecular weight is 362 g/mol. The quantitative estimate of drug-likeness (QED) is 0.752. The van der Waals surface area contributed by atoms with Gasteiger partial charge in [0.1, 0.15) is 11.7 Å². The molecule has 5 nitrogen and oxygen atoms in total. The van der Waals surface area contributed by atoms with Crippen LogP contribution in [0.1, 0.15) is 61.7 Å². The van der Waals surface area contributed by atoms with Gasteiger partial charge in [-0.2, -0.15) is 0 Å². The maximum absolute atomic E-state index is 12.8. The molecule has 5 heteroatoms. The summed E-state index contributed by atoms with van der Waals surface area (Å²) in [4.78, 5) is 12.8. The van der Waals surface area contributed by atoms with E-state index in [0.717, 1.165) is 51.4 Å². The van der Waals surface area contributed by atoms with Crippen LogP contribution in [0.15, 0.2) is 30.3 Å². The van der Waals surface area contributed by atoms with Crippen molar-refractivity contribution in [3.05, 3.63) is 35.9 Å². The smallest absolute Gasteiger partial charge is 0.338 e. The molecule has 0 saturated heterocycles. The fourth-order valence-corrected chi connectivity index (χ4v) is 4.67. The van der Waals surface area contributed by atoms with Crippen molar-refractivity contribution in [1.82, 2.24) is 0 Å². The number of methoxy groups -OCH3 is 2. The van der Waals surface area contributed by atoms with Crippen molar-refractivity contribution >= 4 is 5.97 Å². The lowest BCUT2D eigenvalue weighted by molar-refractivity contribution is -0.199. The Balaban J connectivity index is 1.90. The fraction of sp³-hybridized carbons (Fsp3) is 0.667. The highest BCUT2D eigenvalue weighted by Crippen LogP contribution is 2.44. The zero-order valence-electron chi connectivity index (χ0n) is 15.8. The van der Waals surface area contributed by atoms with Crippen molar-refractivity contribution in [2.45, 2.75) is 74.8 Å². The van der Waals surface area contributed by atoms with E-state index in [9.17, 15) is 9.90 Å². The monoisotopic (exact) mass is 362 g/mol. The summed E-state index contributed by atoms with van der Waals surface area (Å²) in [6.07, 6.45) is 5.42. The number of benzene rings is 1. The van der Waals surface area contributed by atoms with Crippen LogP contribution in [-0.4, -0.2) is 48.7 Å². The maximum atomic E-state index is 12.8. The molecular formula is C21H30O5. The first-order chi connectivity index (χ1) is 12.6. The first-order valence-electron chi connectivity index (χ1n) is 9.61. The number of aliphatic hydroxyl groups excluding tert-OH is 1. The van der Waals surface area contributed by atoms with E-state index in [1.165, 1.54) is 0 Å². The van der Waals surface area contributed by atoms with Crippen LogP contribution in [-0.2, 0) is 14.2 Å². The average Bonchev–Trinajstić information content (AvgIpc) is 3.36. The van der Waals surface area contributed by atoms with Gasteiger partial charge < -0.3 is 19.3 Å². The van der Waals surface area contributed by atoms with Crippen LogP contribution in [0.3, 0.4) is 0 Å². The van der Waals surface area contributed by atoms with Crippen molar-refractivity contribution in [2.75, 3.05) is 14.2 Å². The van der Waals surface area contributed by atoms with E-state index >= 15 is 0 Å². The normalized spacial score (nSPS) is 23.5. The standard InChI is InChI=1S/C21H30O5/c1-24-20(12-6-7-13-20)17(22)18(21(25-2)14-8-9-15-21)26-19(23)16-10-4-3-5-11-16/h3-5,10-11,17-18,22H,6-9,12-15H2,1-2H3/t17-,18-/m1/s1. The van der Waals surface area contributed by atoms with Gasteiger partial charge in [0.2, 0.25) is 0 Å². The molecule has 0 bridgehead atoms. The van der Waals surface area contributed by atoms with E-state index in [1.54, 1.807) is 38.5 Å². The summed E-state index contributed by atoms with van der Waals surface area (Å²) in [5.41, 5.74) is -0.847. The number of hydrogen-bond acceptors (Lipinski definition) is 5. The summed E-state index contributed by atoms with van der Waals surface area (Å²) in [6.45, 7) is 0. The molecule has 1 N–H and O–H groups in total. The third kappa shape index (κ3) is 3.53. The van der Waals surface area contributed by atoms with Crippen molar-refractivity contribution < 1.29 is 24.1 Å². The lowest BCUT2D eigenvalue weighted by Gasteiger charge is -2.44. The molecule has 2 saturated carbocycles. The molecule has 0 heterocycles. The maximum Gasteiger partial charge on any atom is 0.338 e. The Bertz CT molecular complexity index is 588. The van der Waals surface area contributed by atoms with Crippen molar-refractivity contribution in [1.29, 1.82) is 0 Å². The van der Waals surface area contributed by atoms with E-state index in [1.807, 2.05) is 6.07 Å². The Hall–Kier alpha value is -1.43. The van der Waals surface area contributed by atoms with Crippen LogP contribution in [0.4, 0.5) is 0 Å². The first-order valence-corrected chi connectivity index (χ1v) is 9.61. The van der Waals surface area contributed by atoms with Gasteiger partial charge in [-0.15, -0.1) is 0 Å². The molecule has 2 aliphatic rings. The van der Waals surface area contributed by atoms with Gasteiger partial charge in [0.25, 0.3) is 0 Å². The summed E-state index contributed by atoms with van der Waals surface area (Å²) < 4.78 is 17.6. The molecular weight excluding hydrogens is 332 g/mol. The van der Waals surface area contributed by atoms with Gasteiger partial charge in [-0.25, -0.2) is 4.79 Å². The van der Waals surface area contributed by atoms with Gasteiger partial charge >= 0.3 is 5.97 Å². The summed E-state index contributed by atoms with van der Waals surface area (Å²) >= 11 is 0. The van der Waals surface area contributed by atoms with E-state index in [0.29, 0.717) is 5.56 Å². The molecule has 1 aromatic carbocycles. The molecule has 2 atom stereocenters. The SMILES string of the molecule is COC1([C@H](O)[C@@H](OC(=O)c2ccccc2)C2(OC)CCCC2)CCCC1. The molecule has 0 unspecified atom stereocenters. The van der Waals surface area contributed by atoms with E-state index in [4.69, 9.17) is 14.2 Å². The Labute approximate surface area is 155 Å². The zero-order chi connectivity index (χ0) is 18.6. The van der Waals surface area contributed by atoms with Gasteiger partial charge in [0.15, 0.2) is 6.10 Å². The number of esters is 1. The molecule has 2 fully saturated rings. The van der Waals surface area contributed by atoms with Crippen LogP contribution >= 0.6 is 0 Å². The molecule has 1 aromatic rings. The van der Waals surface area contributed by atoms with Crippen molar-refractivity contribution in [3.8, 4) is 0 Å². The summed E-state index contributed by atoms with van der Waals surface area (Å²) in [5.74, 6) is -0.428. The second-order valence-corrected chi connectivity index (χ2v) is 7.59. The molecule has 0 radical (unpaired) electrons. The number of aliphatic hydroxyl groups is 1. The second-order valence-electron chi connectivity index (χ2n) is 7.59. The first kappa shape index (κ1) is 19.3. The van der Waals surface area contributed by atoms with Gasteiger partial charge in [0, 0.05) is 14.2 Å². The Kier molecular flexibility index (Phi) is 6.00. The summed E-state index contributed by atoms with van der Waals surface area (Å²) in [6, 6.07) is 8.91. The lowest BCUT2D eigenvalue weighted by atomic mass is 9.81. The minimum absolute atomic E-state index is 0.428. The van der Waals surface area contributed by atoms with Crippen LogP contribution in [0, 0.1) is 0 Å². The third-order valence-corrected chi connectivity index (χ3v) is 6.30. The number of carbonyl (C=O) groups excluding carboxylic acids is 1. The fourth-order valence-electron chi connectivity index (χ4n) is 4.67. The predicted molar refractivity (Wildman–Crippen MR) is 98.1 cm³/mol. The van der Waals surface area contributed by atoms with Crippen LogP contribution in [0.2, 0.25) is 0 Å². The predicted octanol–water partition coefficient (Wildman–Crippen LogP) is 3.49. The molecule has 2 aliphatic carbocycles. The molecule has 0 aromatic heterocycles. The lowest BCUT2D eigenvalue weighted by Crippen LogP contribution is -2.59. The van der Waals surface area contributed by atoms with Crippen LogP contribution < -0.4 is 0 Å². The zero-order valence-corrected chi connectivity index (χ0v) is 15.8. The van der Waals surface area contributed by atoms with E-state index in [-0.39, 0.29) is 0 Å². The molecule has 144 valence electrons. The highest BCUT2D eigenvalue weighted by molar-refractivity contribution is 5.89. The number of rotatable bonds is 7. The van der Waals surface area contributed by atoms with E-state index in [2.05, 4.69) is 0 Å². The van der Waals surface area contributed by atoms with Gasteiger partial charge in [-0.05, 0) is 37.8 Å². The molecule has 0 aliphatic heterocycles. The minimum atomic E-state index is -0.916. The number of carbonyl (C=O) groups is 1. The Morgan fingerprint density at radius 1 is 0.923 bits per heavy atom. The molecule has 3 rings (SSSR count). The van der Waals surface area contributed by atoms with E-state index < -0.39 is 29.4 Å². The molecule has 0 amide bonds. The largest absolute Gasteiger partial charge is 0.453 e. The van der Waals surface area contributed by atoms with Gasteiger partial charge in [0.05, 0.1) is 11.2 Å². The second kappa shape index (κ2) is 8.07. The van der Waals surface area contributed by atoms with Crippen molar-refractivity contribution in [2.24, 2.45) is 0 Å². The molecule has 26 heavy (non-hydrogen) atoms. The van der Waals surface area contributed by atoms with Gasteiger partial charge in [-0.3, -0.25) is 0 Å². The Morgan fingerprint density at radius 2 is 1.42 bits per heavy atom.